The number of carbonyl (C=O) groups is 1. The molecule has 0 saturated carbocycles. The molecule has 2 aromatic heterocycles. The summed E-state index contributed by atoms with van der Waals surface area (Å²) in [6.07, 6.45) is 0. The number of carboxylic acids is 1. The molecule has 2 rings (SSSR count). The Balaban J connectivity index is 2.12. The highest BCUT2D eigenvalue weighted by atomic mass is 32.2. The van der Waals surface area contributed by atoms with E-state index < -0.39 is 10.7 Å². The Labute approximate surface area is 119 Å². The molecule has 0 unspecified atom stereocenters. The number of hydrogen-bond donors (Lipinski definition) is 1. The van der Waals surface area contributed by atoms with Crippen LogP contribution in [0.3, 0.4) is 0 Å². The third-order valence-electron chi connectivity index (χ3n) is 2.71. The highest BCUT2D eigenvalue weighted by Gasteiger charge is 2.28. The lowest BCUT2D eigenvalue weighted by Gasteiger charge is -2.17. The number of aryl methyl sites for hydroxylation is 1. The second-order valence-corrected chi connectivity index (χ2v) is 7.15. The lowest BCUT2D eigenvalue weighted by molar-refractivity contribution is -0.138. The van der Waals surface area contributed by atoms with E-state index in [1.807, 2.05) is 24.4 Å². The number of thioether (sulfide) groups is 1. The molecule has 1 N–H and O–H groups in total. The average molecular weight is 297 g/mol. The van der Waals surface area contributed by atoms with Gasteiger partial charge in [0, 0.05) is 5.75 Å². The van der Waals surface area contributed by atoms with Crippen molar-refractivity contribution in [3.63, 3.8) is 0 Å². The van der Waals surface area contributed by atoms with E-state index in [2.05, 4.69) is 4.98 Å². The molecule has 0 radical (unpaired) electrons. The van der Waals surface area contributed by atoms with Gasteiger partial charge in [-0.3, -0.25) is 4.79 Å². The van der Waals surface area contributed by atoms with Gasteiger partial charge >= 0.3 is 5.97 Å². The molecule has 0 aliphatic carbocycles. The summed E-state index contributed by atoms with van der Waals surface area (Å²) in [4.78, 5) is 16.5. The minimum Gasteiger partial charge on any atom is -0.480 e. The molecule has 102 valence electrons. The zero-order valence-corrected chi connectivity index (χ0v) is 12.6. The number of carboxylic acid groups (broad SMARTS) is 1. The van der Waals surface area contributed by atoms with Gasteiger partial charge in [0.1, 0.15) is 10.5 Å². The van der Waals surface area contributed by atoms with Crippen LogP contribution in [-0.2, 0) is 10.5 Å². The van der Waals surface area contributed by atoms with Crippen LogP contribution in [0.1, 0.15) is 25.3 Å². The largest absolute Gasteiger partial charge is 0.480 e. The monoisotopic (exact) mass is 297 g/mol. The molecule has 19 heavy (non-hydrogen) atoms. The first kappa shape index (κ1) is 14.1. The smallest absolute Gasteiger partial charge is 0.319 e. The summed E-state index contributed by atoms with van der Waals surface area (Å²) in [6, 6.07) is 3.90. The lowest BCUT2D eigenvalue weighted by Crippen LogP contribution is -2.27. The summed E-state index contributed by atoms with van der Waals surface area (Å²) in [6.45, 7) is 5.24. The zero-order valence-electron chi connectivity index (χ0n) is 11.0. The summed E-state index contributed by atoms with van der Waals surface area (Å²) in [5.74, 6) is 1.06. The van der Waals surface area contributed by atoms with Crippen molar-refractivity contribution in [2.24, 2.45) is 0 Å². The highest BCUT2D eigenvalue weighted by molar-refractivity contribution is 8.00. The topological polar surface area (TPSA) is 63.3 Å². The summed E-state index contributed by atoms with van der Waals surface area (Å²) >= 11 is 2.92. The number of rotatable bonds is 5. The highest BCUT2D eigenvalue weighted by Crippen LogP contribution is 2.31. The van der Waals surface area contributed by atoms with Crippen molar-refractivity contribution in [2.45, 2.75) is 31.3 Å². The fraction of sp³-hybridized carbons (Fsp3) is 0.385. The van der Waals surface area contributed by atoms with Gasteiger partial charge < -0.3 is 9.52 Å². The predicted octanol–water partition coefficient (Wildman–Crippen LogP) is 3.81. The molecule has 0 fully saturated rings. The second-order valence-electron chi connectivity index (χ2n) is 4.60. The van der Waals surface area contributed by atoms with Crippen molar-refractivity contribution < 1.29 is 14.3 Å². The maximum atomic E-state index is 11.1. The van der Waals surface area contributed by atoms with Gasteiger partial charge in [0.15, 0.2) is 0 Å². The molecule has 0 amide bonds. The molecule has 0 spiro atoms. The summed E-state index contributed by atoms with van der Waals surface area (Å²) < 4.78 is 4.80. The Bertz CT molecular complexity index is 573. The maximum absolute atomic E-state index is 11.1. The summed E-state index contributed by atoms with van der Waals surface area (Å²) in [7, 11) is 0. The molecule has 0 atom stereocenters. The molecule has 0 bridgehead atoms. The molecule has 0 aromatic carbocycles. The molecule has 4 nitrogen and oxygen atoms in total. The fourth-order valence-electron chi connectivity index (χ4n) is 1.38. The quantitative estimate of drug-likeness (QED) is 0.909. The molecule has 2 aromatic rings. The summed E-state index contributed by atoms with van der Waals surface area (Å²) in [5, 5.41) is 11.1. The predicted molar refractivity (Wildman–Crippen MR) is 77.6 cm³/mol. The van der Waals surface area contributed by atoms with E-state index in [0.717, 1.165) is 16.3 Å². The number of aromatic nitrogens is 1. The van der Waals surface area contributed by atoms with E-state index in [9.17, 15) is 4.79 Å². The van der Waals surface area contributed by atoms with Crippen LogP contribution in [0, 0.1) is 6.92 Å². The first-order valence-corrected chi connectivity index (χ1v) is 7.64. The number of hydrogen-bond acceptors (Lipinski definition) is 5. The Morgan fingerprint density at radius 3 is 2.89 bits per heavy atom. The van der Waals surface area contributed by atoms with E-state index in [4.69, 9.17) is 9.52 Å². The number of aliphatic carboxylic acids is 1. The Morgan fingerprint density at radius 2 is 2.32 bits per heavy atom. The third kappa shape index (κ3) is 3.19. The molecule has 2 heterocycles. The molecule has 0 aliphatic heterocycles. The van der Waals surface area contributed by atoms with Gasteiger partial charge in [0.2, 0.25) is 5.89 Å². The number of thiophene rings is 1. The van der Waals surface area contributed by atoms with Gasteiger partial charge in [-0.15, -0.1) is 23.1 Å². The van der Waals surface area contributed by atoms with E-state index in [1.165, 1.54) is 11.8 Å². The normalized spacial score (nSPS) is 11.7. The Kier molecular flexibility index (Phi) is 4.01. The van der Waals surface area contributed by atoms with Crippen LogP contribution < -0.4 is 0 Å². The van der Waals surface area contributed by atoms with Crippen molar-refractivity contribution >= 4 is 29.1 Å². The number of nitrogens with zero attached hydrogens (tertiary/aromatic N) is 1. The van der Waals surface area contributed by atoms with Crippen LogP contribution in [-0.4, -0.2) is 20.8 Å². The summed E-state index contributed by atoms with van der Waals surface area (Å²) in [5.41, 5.74) is 0.808. The Hall–Kier alpha value is -1.27. The van der Waals surface area contributed by atoms with Crippen molar-refractivity contribution in [3.8, 4) is 10.8 Å². The van der Waals surface area contributed by atoms with Gasteiger partial charge in [-0.05, 0) is 32.2 Å². The van der Waals surface area contributed by atoms with E-state index in [0.29, 0.717) is 11.6 Å². The van der Waals surface area contributed by atoms with Crippen molar-refractivity contribution in [1.29, 1.82) is 0 Å². The van der Waals surface area contributed by atoms with Crippen LogP contribution in [0.25, 0.3) is 10.8 Å². The SMILES string of the molecule is Cc1oc(-c2cccs2)nc1CSC(C)(C)C(=O)O. The van der Waals surface area contributed by atoms with E-state index in [-0.39, 0.29) is 0 Å². The van der Waals surface area contributed by atoms with Crippen molar-refractivity contribution in [3.05, 3.63) is 29.0 Å². The van der Waals surface area contributed by atoms with Gasteiger partial charge in [0.05, 0.1) is 10.6 Å². The molecular weight excluding hydrogens is 282 g/mol. The molecule has 0 aliphatic rings. The van der Waals surface area contributed by atoms with Gasteiger partial charge in [-0.2, -0.15) is 0 Å². The fourth-order valence-corrected chi connectivity index (χ4v) is 2.92. The van der Waals surface area contributed by atoms with Crippen LogP contribution in [0.5, 0.6) is 0 Å². The van der Waals surface area contributed by atoms with Crippen LogP contribution >= 0.6 is 23.1 Å². The lowest BCUT2D eigenvalue weighted by atomic mass is 10.2. The minimum absolute atomic E-state index is 0.528. The second kappa shape index (κ2) is 5.38. The van der Waals surface area contributed by atoms with Gasteiger partial charge in [-0.25, -0.2) is 4.98 Å². The van der Waals surface area contributed by atoms with Crippen molar-refractivity contribution in [1.82, 2.24) is 4.98 Å². The molecule has 0 saturated heterocycles. The van der Waals surface area contributed by atoms with Crippen LogP contribution in [0.15, 0.2) is 21.9 Å². The molecular formula is C13H15NO3S2. The first-order valence-electron chi connectivity index (χ1n) is 5.77. The molecule has 6 heteroatoms. The van der Waals surface area contributed by atoms with Crippen LogP contribution in [0.2, 0.25) is 0 Å². The zero-order chi connectivity index (χ0) is 14.0. The maximum Gasteiger partial charge on any atom is 0.319 e. The standard InChI is InChI=1S/C13H15NO3S2/c1-8-9(7-19-13(2,3)12(15)16)14-11(17-8)10-5-4-6-18-10/h4-6H,7H2,1-3H3,(H,15,16). The van der Waals surface area contributed by atoms with E-state index in [1.54, 1.807) is 25.2 Å². The third-order valence-corrected chi connectivity index (χ3v) is 4.88. The van der Waals surface area contributed by atoms with Gasteiger partial charge in [-0.1, -0.05) is 6.07 Å². The average Bonchev–Trinajstić information content (AvgIpc) is 2.95. The Morgan fingerprint density at radius 1 is 1.58 bits per heavy atom. The first-order chi connectivity index (χ1) is 8.90. The van der Waals surface area contributed by atoms with E-state index >= 15 is 0 Å². The van der Waals surface area contributed by atoms with Gasteiger partial charge in [0.25, 0.3) is 0 Å². The number of oxazole rings is 1. The van der Waals surface area contributed by atoms with Crippen molar-refractivity contribution in [2.75, 3.05) is 0 Å². The minimum atomic E-state index is -0.825. The van der Waals surface area contributed by atoms with Crippen LogP contribution in [0.4, 0.5) is 0 Å².